The molecule has 0 radical (unpaired) electrons. The summed E-state index contributed by atoms with van der Waals surface area (Å²) >= 11 is 0. The molecule has 27 heavy (non-hydrogen) atoms. The Morgan fingerprint density at radius 2 is 1.70 bits per heavy atom. The SMILES string of the molecule is COC(=O)c1cc(C(=O)OCC(=O)N2C[C@H](C)O[C@@H](C)C2)cc([N+](=O)[O-])c1. The van der Waals surface area contributed by atoms with Crippen LogP contribution in [-0.4, -0.2) is 66.7 Å². The van der Waals surface area contributed by atoms with Crippen LogP contribution in [0.5, 0.6) is 0 Å². The first-order chi connectivity index (χ1) is 12.7. The van der Waals surface area contributed by atoms with Gasteiger partial charge < -0.3 is 19.1 Å². The number of non-ortho nitro benzene ring substituents is 1. The smallest absolute Gasteiger partial charge is 0.338 e. The van der Waals surface area contributed by atoms with E-state index in [2.05, 4.69) is 4.74 Å². The molecule has 1 aromatic carbocycles. The van der Waals surface area contributed by atoms with Crippen LogP contribution in [0.2, 0.25) is 0 Å². The molecule has 2 rings (SSSR count). The highest BCUT2D eigenvalue weighted by molar-refractivity contribution is 5.97. The molecule has 1 heterocycles. The molecule has 146 valence electrons. The fourth-order valence-corrected chi connectivity index (χ4v) is 2.75. The summed E-state index contributed by atoms with van der Waals surface area (Å²) in [6.45, 7) is 3.90. The number of nitro groups is 1. The van der Waals surface area contributed by atoms with Crippen molar-refractivity contribution in [2.45, 2.75) is 26.1 Å². The van der Waals surface area contributed by atoms with Gasteiger partial charge in [-0.1, -0.05) is 0 Å². The normalized spacial score (nSPS) is 19.3. The van der Waals surface area contributed by atoms with Crippen LogP contribution in [0.25, 0.3) is 0 Å². The molecule has 0 aliphatic carbocycles. The van der Waals surface area contributed by atoms with Gasteiger partial charge in [-0.05, 0) is 19.9 Å². The predicted molar refractivity (Wildman–Crippen MR) is 91.3 cm³/mol. The molecule has 0 unspecified atom stereocenters. The Morgan fingerprint density at radius 3 is 2.22 bits per heavy atom. The number of carbonyl (C=O) groups excluding carboxylic acids is 3. The zero-order chi connectivity index (χ0) is 20.1. The maximum atomic E-state index is 12.2. The molecule has 1 fully saturated rings. The Kier molecular flexibility index (Phi) is 6.45. The number of esters is 2. The first-order valence-electron chi connectivity index (χ1n) is 8.19. The fraction of sp³-hybridized carbons (Fsp3) is 0.471. The first kappa shape index (κ1) is 20.3. The van der Waals surface area contributed by atoms with Gasteiger partial charge >= 0.3 is 11.9 Å². The summed E-state index contributed by atoms with van der Waals surface area (Å²) in [6.07, 6.45) is -0.263. The lowest BCUT2D eigenvalue weighted by atomic mass is 10.1. The summed E-state index contributed by atoms with van der Waals surface area (Å²) in [5, 5.41) is 11.0. The van der Waals surface area contributed by atoms with Crippen LogP contribution < -0.4 is 0 Å². The van der Waals surface area contributed by atoms with Gasteiger partial charge in [-0.2, -0.15) is 0 Å². The molecule has 0 N–H and O–H groups in total. The van der Waals surface area contributed by atoms with Crippen LogP contribution in [-0.2, 0) is 19.0 Å². The molecular formula is C17H20N2O8. The highest BCUT2D eigenvalue weighted by atomic mass is 16.6. The van der Waals surface area contributed by atoms with Gasteiger partial charge in [0.1, 0.15) is 0 Å². The van der Waals surface area contributed by atoms with Crippen molar-refractivity contribution >= 4 is 23.5 Å². The number of hydrogen-bond donors (Lipinski definition) is 0. The number of rotatable bonds is 5. The van der Waals surface area contributed by atoms with Gasteiger partial charge in [0.15, 0.2) is 6.61 Å². The van der Waals surface area contributed by atoms with Crippen molar-refractivity contribution in [2.24, 2.45) is 0 Å². The van der Waals surface area contributed by atoms with E-state index in [1.807, 2.05) is 13.8 Å². The Morgan fingerprint density at radius 1 is 1.15 bits per heavy atom. The highest BCUT2D eigenvalue weighted by Crippen LogP contribution is 2.19. The monoisotopic (exact) mass is 380 g/mol. The van der Waals surface area contributed by atoms with Crippen molar-refractivity contribution in [2.75, 3.05) is 26.8 Å². The molecule has 1 saturated heterocycles. The molecule has 1 amide bonds. The molecule has 1 aliphatic rings. The van der Waals surface area contributed by atoms with Crippen LogP contribution >= 0.6 is 0 Å². The fourth-order valence-electron chi connectivity index (χ4n) is 2.75. The van der Waals surface area contributed by atoms with E-state index in [0.717, 1.165) is 25.3 Å². The summed E-state index contributed by atoms with van der Waals surface area (Å²) < 4.78 is 15.0. The Hall–Kier alpha value is -3.01. The van der Waals surface area contributed by atoms with E-state index in [4.69, 9.17) is 9.47 Å². The number of hydrogen-bond acceptors (Lipinski definition) is 8. The van der Waals surface area contributed by atoms with Crippen molar-refractivity contribution < 1.29 is 33.5 Å². The van der Waals surface area contributed by atoms with Crippen LogP contribution in [0, 0.1) is 10.1 Å². The minimum absolute atomic E-state index is 0.132. The van der Waals surface area contributed by atoms with E-state index < -0.39 is 35.1 Å². The van der Waals surface area contributed by atoms with Crippen molar-refractivity contribution in [3.63, 3.8) is 0 Å². The third-order valence-electron chi connectivity index (χ3n) is 3.88. The second-order valence-electron chi connectivity index (χ2n) is 6.15. The van der Waals surface area contributed by atoms with Crippen molar-refractivity contribution in [3.8, 4) is 0 Å². The van der Waals surface area contributed by atoms with Gasteiger partial charge in [0.25, 0.3) is 11.6 Å². The Labute approximate surface area is 155 Å². The number of nitro benzene ring substituents is 1. The number of nitrogens with zero attached hydrogens (tertiary/aromatic N) is 2. The summed E-state index contributed by atoms with van der Waals surface area (Å²) in [6, 6.07) is 3.08. The molecule has 10 nitrogen and oxygen atoms in total. The quantitative estimate of drug-likeness (QED) is 0.423. The summed E-state index contributed by atoms with van der Waals surface area (Å²) in [7, 11) is 1.11. The second-order valence-corrected chi connectivity index (χ2v) is 6.15. The van der Waals surface area contributed by atoms with Crippen LogP contribution in [0.15, 0.2) is 18.2 Å². The van der Waals surface area contributed by atoms with E-state index in [1.54, 1.807) is 0 Å². The summed E-state index contributed by atoms with van der Waals surface area (Å²) in [5.41, 5.74) is -0.853. The predicted octanol–water partition coefficient (Wildman–Crippen LogP) is 1.17. The summed E-state index contributed by atoms with van der Waals surface area (Å²) in [5.74, 6) is -2.18. The number of ether oxygens (including phenoxy) is 3. The van der Waals surface area contributed by atoms with E-state index >= 15 is 0 Å². The Balaban J connectivity index is 2.08. The van der Waals surface area contributed by atoms with Gasteiger partial charge in [0, 0.05) is 25.2 Å². The third-order valence-corrected chi connectivity index (χ3v) is 3.88. The molecule has 0 bridgehead atoms. The average Bonchev–Trinajstić information content (AvgIpc) is 2.63. The van der Waals surface area contributed by atoms with Crippen molar-refractivity contribution in [3.05, 3.63) is 39.4 Å². The van der Waals surface area contributed by atoms with Crippen molar-refractivity contribution in [1.29, 1.82) is 0 Å². The number of amides is 1. The van der Waals surface area contributed by atoms with Crippen molar-refractivity contribution in [1.82, 2.24) is 4.90 Å². The second kappa shape index (κ2) is 8.58. The standard InChI is InChI=1S/C17H20N2O8/c1-10-7-18(8-11(2)27-10)15(20)9-26-17(22)13-4-12(16(21)25-3)5-14(6-13)19(23)24/h4-6,10-11H,7-9H2,1-3H3/t10-,11-/m0/s1. The van der Waals surface area contributed by atoms with Gasteiger partial charge in [0.2, 0.25) is 0 Å². The first-order valence-corrected chi connectivity index (χ1v) is 8.19. The molecule has 10 heteroatoms. The molecule has 0 spiro atoms. The van der Waals surface area contributed by atoms with E-state index in [9.17, 15) is 24.5 Å². The van der Waals surface area contributed by atoms with E-state index in [0.29, 0.717) is 13.1 Å². The Bertz CT molecular complexity index is 753. The highest BCUT2D eigenvalue weighted by Gasteiger charge is 2.27. The summed E-state index contributed by atoms with van der Waals surface area (Å²) in [4.78, 5) is 47.8. The molecule has 0 saturated carbocycles. The molecule has 1 aromatic rings. The van der Waals surface area contributed by atoms with Gasteiger partial charge in [-0.15, -0.1) is 0 Å². The maximum Gasteiger partial charge on any atom is 0.338 e. The zero-order valence-electron chi connectivity index (χ0n) is 15.2. The minimum atomic E-state index is -0.952. The van der Waals surface area contributed by atoms with E-state index in [1.165, 1.54) is 4.90 Å². The average molecular weight is 380 g/mol. The van der Waals surface area contributed by atoms with Crippen LogP contribution in [0.4, 0.5) is 5.69 Å². The lowest BCUT2D eigenvalue weighted by Crippen LogP contribution is -2.49. The minimum Gasteiger partial charge on any atom is -0.465 e. The maximum absolute atomic E-state index is 12.2. The van der Waals surface area contributed by atoms with Crippen LogP contribution in [0.1, 0.15) is 34.6 Å². The number of methoxy groups -OCH3 is 1. The van der Waals surface area contributed by atoms with Gasteiger partial charge in [-0.3, -0.25) is 14.9 Å². The molecular weight excluding hydrogens is 360 g/mol. The number of morpholine rings is 1. The number of benzene rings is 1. The molecule has 2 atom stereocenters. The topological polar surface area (TPSA) is 125 Å². The lowest BCUT2D eigenvalue weighted by molar-refractivity contribution is -0.384. The molecule has 0 aromatic heterocycles. The van der Waals surface area contributed by atoms with E-state index in [-0.39, 0.29) is 23.3 Å². The lowest BCUT2D eigenvalue weighted by Gasteiger charge is -2.35. The zero-order valence-corrected chi connectivity index (χ0v) is 15.2. The molecule has 1 aliphatic heterocycles. The largest absolute Gasteiger partial charge is 0.465 e. The van der Waals surface area contributed by atoms with Gasteiger partial charge in [-0.25, -0.2) is 9.59 Å². The van der Waals surface area contributed by atoms with Crippen LogP contribution in [0.3, 0.4) is 0 Å². The third kappa shape index (κ3) is 5.23. The van der Waals surface area contributed by atoms with Gasteiger partial charge in [0.05, 0.1) is 35.4 Å². The number of carbonyl (C=O) groups is 3.